The number of nitrogens with one attached hydrogen (secondary N) is 2. The average molecular weight is 569 g/mol. The summed E-state index contributed by atoms with van der Waals surface area (Å²) < 4.78 is 9.19. The van der Waals surface area contributed by atoms with Crippen LogP contribution in [0.15, 0.2) is 67.3 Å². The van der Waals surface area contributed by atoms with E-state index in [1.54, 1.807) is 10.7 Å². The predicted molar refractivity (Wildman–Crippen MR) is 162 cm³/mol. The maximum atomic E-state index is 12.6. The summed E-state index contributed by atoms with van der Waals surface area (Å²) in [6.07, 6.45) is 7.50. The van der Waals surface area contributed by atoms with Crippen molar-refractivity contribution in [1.82, 2.24) is 29.3 Å². The third-order valence-electron chi connectivity index (χ3n) is 7.76. The lowest BCUT2D eigenvalue weighted by Crippen LogP contribution is -2.36. The van der Waals surface area contributed by atoms with Crippen molar-refractivity contribution in [2.24, 2.45) is 0 Å². The first kappa shape index (κ1) is 27.7. The van der Waals surface area contributed by atoms with Gasteiger partial charge in [0.2, 0.25) is 0 Å². The molecular weight excluding hydrogens is 532 g/mol. The highest BCUT2D eigenvalue weighted by molar-refractivity contribution is 5.91. The number of ether oxygens (including phenoxy) is 1. The molecule has 2 aromatic carbocycles. The summed E-state index contributed by atoms with van der Waals surface area (Å²) in [5.41, 5.74) is 5.48. The fraction of sp³-hybridized carbons (Fsp3) is 0.355. The zero-order valence-electron chi connectivity index (χ0n) is 23.7. The molecule has 1 amide bonds. The first-order valence-electron chi connectivity index (χ1n) is 14.5. The second-order valence-corrected chi connectivity index (χ2v) is 10.7. The van der Waals surface area contributed by atoms with Crippen molar-refractivity contribution >= 4 is 39.7 Å². The highest BCUT2D eigenvalue weighted by Gasteiger charge is 2.19. The summed E-state index contributed by atoms with van der Waals surface area (Å²) in [5.74, 6) is 0.644. The number of piperidine rings is 1. The van der Waals surface area contributed by atoms with Gasteiger partial charge >= 0.3 is 6.09 Å². The fourth-order valence-corrected chi connectivity index (χ4v) is 5.56. The lowest BCUT2D eigenvalue weighted by molar-refractivity contribution is 0.0782. The highest BCUT2D eigenvalue weighted by Crippen LogP contribution is 2.30. The number of aliphatic hydroxyl groups is 1. The molecule has 5 aromatic rings. The van der Waals surface area contributed by atoms with Crippen molar-refractivity contribution < 1.29 is 14.6 Å². The van der Waals surface area contributed by atoms with Gasteiger partial charge in [-0.15, -0.1) is 0 Å². The minimum absolute atomic E-state index is 0.187. The molecule has 6 rings (SSSR count). The first-order valence-corrected chi connectivity index (χ1v) is 14.5. The number of fused-ring (bicyclic) bond motifs is 2. The Morgan fingerprint density at radius 3 is 2.76 bits per heavy atom. The van der Waals surface area contributed by atoms with Gasteiger partial charge in [0.15, 0.2) is 5.82 Å². The number of amides is 1. The summed E-state index contributed by atoms with van der Waals surface area (Å²) in [5, 5.41) is 26.0. The Morgan fingerprint density at radius 2 is 1.95 bits per heavy atom. The third-order valence-corrected chi connectivity index (χ3v) is 7.76. The van der Waals surface area contributed by atoms with E-state index >= 15 is 0 Å². The molecule has 0 spiro atoms. The quantitative estimate of drug-likeness (QED) is 0.205. The van der Waals surface area contributed by atoms with Crippen LogP contribution in [0.1, 0.15) is 37.3 Å². The van der Waals surface area contributed by atoms with E-state index in [0.29, 0.717) is 31.1 Å². The number of carbonyl (C=O) groups excluding carboxylic acids is 1. The van der Waals surface area contributed by atoms with E-state index in [-0.39, 0.29) is 6.10 Å². The number of nitrogens with zero attached hydrogens (tertiary/aromatic N) is 6. The first-order chi connectivity index (χ1) is 20.6. The molecule has 4 heterocycles. The van der Waals surface area contributed by atoms with Gasteiger partial charge in [0, 0.05) is 36.3 Å². The molecular formula is C31H36N8O3. The van der Waals surface area contributed by atoms with Crippen LogP contribution in [0.2, 0.25) is 0 Å². The van der Waals surface area contributed by atoms with Gasteiger partial charge in [0.05, 0.1) is 42.9 Å². The number of aryl methyl sites for hydroxylation is 1. The second kappa shape index (κ2) is 12.6. The zero-order chi connectivity index (χ0) is 28.9. The van der Waals surface area contributed by atoms with Crippen molar-refractivity contribution in [1.29, 1.82) is 0 Å². The van der Waals surface area contributed by atoms with Crippen molar-refractivity contribution in [3.63, 3.8) is 0 Å². The molecule has 0 saturated carbocycles. The zero-order valence-corrected chi connectivity index (χ0v) is 23.7. The molecule has 0 bridgehead atoms. The van der Waals surface area contributed by atoms with Gasteiger partial charge in [-0.1, -0.05) is 37.3 Å². The van der Waals surface area contributed by atoms with Gasteiger partial charge in [-0.3, -0.25) is 10.00 Å². The molecule has 0 unspecified atom stereocenters. The number of benzene rings is 2. The number of carbonyl (C=O) groups is 1. The smallest absolute Gasteiger partial charge is 0.411 e. The molecule has 3 N–H and O–H groups in total. The van der Waals surface area contributed by atoms with E-state index in [2.05, 4.69) is 55.0 Å². The molecule has 42 heavy (non-hydrogen) atoms. The molecule has 1 aliphatic rings. The van der Waals surface area contributed by atoms with E-state index in [9.17, 15) is 9.90 Å². The van der Waals surface area contributed by atoms with Gasteiger partial charge in [0.25, 0.3) is 0 Å². The maximum Gasteiger partial charge on any atom is 0.411 e. The van der Waals surface area contributed by atoms with E-state index in [1.165, 1.54) is 11.9 Å². The standard InChI is InChI=1S/C31H36N8O3/c1-2-26-27(36-31(41)42-16-6-13-37-14-11-25(40)12-15-37)20-39-29(26)30(32-21-34-39)35-24-9-10-28-23(17-24)18-33-38(28)19-22-7-4-3-5-8-22/h3-5,7-10,17-18,20-21,25,40H,2,6,11-16,19H2,1H3,(H,36,41)(H,32,34,35). The number of aromatic nitrogens is 5. The molecule has 11 heteroatoms. The number of anilines is 3. The summed E-state index contributed by atoms with van der Waals surface area (Å²) in [6, 6.07) is 16.4. The fourth-order valence-electron chi connectivity index (χ4n) is 5.56. The molecule has 11 nitrogen and oxygen atoms in total. The Morgan fingerprint density at radius 1 is 1.12 bits per heavy atom. The van der Waals surface area contributed by atoms with Crippen LogP contribution >= 0.6 is 0 Å². The van der Waals surface area contributed by atoms with Gasteiger partial charge in [-0.25, -0.2) is 14.3 Å². The van der Waals surface area contributed by atoms with Gasteiger partial charge in [0.1, 0.15) is 11.8 Å². The normalized spacial score (nSPS) is 14.4. The Bertz CT molecular complexity index is 1660. The molecule has 0 atom stereocenters. The summed E-state index contributed by atoms with van der Waals surface area (Å²) in [4.78, 5) is 19.4. The van der Waals surface area contributed by atoms with E-state index in [4.69, 9.17) is 4.74 Å². The lowest BCUT2D eigenvalue weighted by atomic mass is 10.1. The Labute approximate surface area is 244 Å². The van der Waals surface area contributed by atoms with Crippen molar-refractivity contribution in [2.75, 3.05) is 36.9 Å². The number of hydrogen-bond acceptors (Lipinski definition) is 8. The molecule has 0 radical (unpaired) electrons. The monoisotopic (exact) mass is 568 g/mol. The van der Waals surface area contributed by atoms with Crippen LogP contribution in [-0.4, -0.2) is 72.8 Å². The van der Waals surface area contributed by atoms with Crippen LogP contribution in [0.25, 0.3) is 16.4 Å². The number of likely N-dealkylation sites (tertiary alicyclic amines) is 1. The summed E-state index contributed by atoms with van der Waals surface area (Å²) >= 11 is 0. The van der Waals surface area contributed by atoms with Gasteiger partial charge in [-0.05, 0) is 49.4 Å². The molecule has 218 valence electrons. The Kier molecular flexibility index (Phi) is 8.29. The molecule has 0 aliphatic carbocycles. The topological polar surface area (TPSA) is 122 Å². The van der Waals surface area contributed by atoms with Gasteiger partial charge in [-0.2, -0.15) is 10.2 Å². The molecule has 3 aromatic heterocycles. The van der Waals surface area contributed by atoms with Crippen LogP contribution in [0.3, 0.4) is 0 Å². The van der Waals surface area contributed by atoms with Crippen molar-refractivity contribution in [3.05, 3.63) is 78.4 Å². The average Bonchev–Trinajstić information content (AvgIpc) is 3.57. The summed E-state index contributed by atoms with van der Waals surface area (Å²) in [6.45, 7) is 5.68. The highest BCUT2D eigenvalue weighted by atomic mass is 16.5. The van der Waals surface area contributed by atoms with Crippen molar-refractivity contribution in [2.45, 2.75) is 45.3 Å². The van der Waals surface area contributed by atoms with Crippen LogP contribution in [0, 0.1) is 0 Å². The minimum Gasteiger partial charge on any atom is -0.449 e. The minimum atomic E-state index is -0.491. The number of rotatable bonds is 10. The van der Waals surface area contributed by atoms with Crippen LogP contribution in [0.4, 0.5) is 22.0 Å². The largest absolute Gasteiger partial charge is 0.449 e. The second-order valence-electron chi connectivity index (χ2n) is 10.7. The SMILES string of the molecule is CCc1c(NC(=O)OCCCN2CCC(O)CC2)cn2ncnc(Nc3ccc4c(cnn4Cc4ccccc4)c3)c12. The predicted octanol–water partition coefficient (Wildman–Crippen LogP) is 4.83. The third kappa shape index (κ3) is 6.22. The van der Waals surface area contributed by atoms with E-state index < -0.39 is 6.09 Å². The van der Waals surface area contributed by atoms with E-state index in [1.807, 2.05) is 42.1 Å². The number of aliphatic hydroxyl groups excluding tert-OH is 1. The van der Waals surface area contributed by atoms with Crippen LogP contribution in [-0.2, 0) is 17.7 Å². The number of hydrogen-bond donors (Lipinski definition) is 3. The Balaban J connectivity index is 1.12. The molecule has 1 saturated heterocycles. The van der Waals surface area contributed by atoms with Gasteiger partial charge < -0.3 is 20.1 Å². The maximum absolute atomic E-state index is 12.6. The van der Waals surface area contributed by atoms with E-state index in [0.717, 1.165) is 66.6 Å². The summed E-state index contributed by atoms with van der Waals surface area (Å²) in [7, 11) is 0. The van der Waals surface area contributed by atoms with Crippen LogP contribution in [0.5, 0.6) is 0 Å². The molecule has 1 fully saturated rings. The lowest BCUT2D eigenvalue weighted by Gasteiger charge is -2.29. The molecule has 1 aliphatic heterocycles. The van der Waals surface area contributed by atoms with Crippen molar-refractivity contribution in [3.8, 4) is 0 Å². The van der Waals surface area contributed by atoms with Crippen LogP contribution < -0.4 is 10.6 Å². The Hall–Kier alpha value is -4.48.